The molecule has 0 aliphatic rings. The Balaban J connectivity index is 1.59. The van der Waals surface area contributed by atoms with Gasteiger partial charge < -0.3 is 20.7 Å². The molecule has 1 amide bonds. The summed E-state index contributed by atoms with van der Waals surface area (Å²) in [5.74, 6) is -0.815. The number of carbonyl (C=O) groups is 1. The van der Waals surface area contributed by atoms with Crippen molar-refractivity contribution in [2.24, 2.45) is 5.92 Å². The van der Waals surface area contributed by atoms with Gasteiger partial charge in [0.1, 0.15) is 6.54 Å². The third kappa shape index (κ3) is 7.59. The predicted octanol–water partition coefficient (Wildman–Crippen LogP) is 1.05. The Bertz CT molecular complexity index is 1760. The quantitative estimate of drug-likeness (QED) is 0.124. The largest absolute Gasteiger partial charge is 0.390 e. The minimum atomic E-state index is -4.17. The third-order valence-corrected chi connectivity index (χ3v) is 8.41. The molecule has 0 saturated carbocycles. The van der Waals surface area contributed by atoms with Crippen molar-refractivity contribution in [1.29, 1.82) is 0 Å². The number of fused-ring (bicyclic) bond motifs is 1. The van der Waals surface area contributed by atoms with Gasteiger partial charge in [-0.3, -0.25) is 24.7 Å². The number of hydrogen-bond donors (Lipinski definition) is 4. The summed E-state index contributed by atoms with van der Waals surface area (Å²) in [6.45, 7) is 3.01. The molecule has 228 valence electrons. The van der Waals surface area contributed by atoms with Gasteiger partial charge in [0.05, 0.1) is 28.3 Å². The monoisotopic (exact) mass is 612 g/mol. The van der Waals surface area contributed by atoms with Crippen LogP contribution >= 0.6 is 0 Å². The summed E-state index contributed by atoms with van der Waals surface area (Å²) >= 11 is 0. The molecule has 2 aromatic heterocycles. The minimum absolute atomic E-state index is 0.00338. The van der Waals surface area contributed by atoms with Crippen molar-refractivity contribution in [3.63, 3.8) is 0 Å². The molecular weight excluding hydrogens is 580 g/mol. The number of H-pyrrole nitrogens is 1. The maximum atomic E-state index is 13.6. The second-order valence-corrected chi connectivity index (χ2v) is 12.3. The van der Waals surface area contributed by atoms with Gasteiger partial charge in [-0.1, -0.05) is 44.2 Å². The van der Waals surface area contributed by atoms with Gasteiger partial charge in [-0.25, -0.2) is 13.4 Å². The number of nitrogen functional groups attached to an aromatic ring is 1. The van der Waals surface area contributed by atoms with Crippen molar-refractivity contribution in [1.82, 2.24) is 29.1 Å². The molecule has 15 nitrogen and oxygen atoms in total. The molecule has 0 unspecified atom stereocenters. The maximum Gasteiger partial charge on any atom is 0.280 e. The van der Waals surface area contributed by atoms with Crippen LogP contribution in [0.1, 0.15) is 19.4 Å². The molecule has 43 heavy (non-hydrogen) atoms. The number of benzene rings is 2. The third-order valence-electron chi connectivity index (χ3n) is 6.56. The summed E-state index contributed by atoms with van der Waals surface area (Å²) in [6, 6.07) is 12.6. The fraction of sp³-hybridized carbons (Fsp3) is 0.333. The van der Waals surface area contributed by atoms with Crippen molar-refractivity contribution in [2.45, 2.75) is 43.9 Å². The van der Waals surface area contributed by atoms with Crippen molar-refractivity contribution >= 4 is 38.7 Å². The summed E-state index contributed by atoms with van der Waals surface area (Å²) in [7, 11) is -4.17. The molecule has 0 fully saturated rings. The lowest BCUT2D eigenvalue weighted by Gasteiger charge is -2.30. The van der Waals surface area contributed by atoms with Crippen LogP contribution in [0, 0.1) is 16.0 Å². The average Bonchev–Trinajstić information content (AvgIpc) is 3.35. The number of rotatable bonds is 13. The lowest BCUT2D eigenvalue weighted by atomic mass is 10.0. The van der Waals surface area contributed by atoms with Crippen LogP contribution in [0.4, 0.5) is 11.6 Å². The van der Waals surface area contributed by atoms with E-state index >= 15 is 0 Å². The summed E-state index contributed by atoms with van der Waals surface area (Å²) in [5.41, 5.74) is 5.73. The van der Waals surface area contributed by atoms with Gasteiger partial charge in [0, 0.05) is 25.2 Å². The zero-order chi connectivity index (χ0) is 31.3. The van der Waals surface area contributed by atoms with Crippen molar-refractivity contribution in [3.05, 3.63) is 87.0 Å². The highest BCUT2D eigenvalue weighted by Crippen LogP contribution is 2.22. The maximum absolute atomic E-state index is 13.6. The molecule has 0 saturated heterocycles. The van der Waals surface area contributed by atoms with Gasteiger partial charge in [0.2, 0.25) is 21.9 Å². The lowest BCUT2D eigenvalue weighted by Crippen LogP contribution is -2.51. The van der Waals surface area contributed by atoms with E-state index in [2.05, 4.69) is 20.3 Å². The highest BCUT2D eigenvalue weighted by atomic mass is 32.2. The molecular formula is C27H32N8O7S. The Morgan fingerprint density at radius 1 is 1.16 bits per heavy atom. The zero-order valence-electron chi connectivity index (χ0n) is 23.5. The number of carbonyl (C=O) groups excluding carboxylic acids is 1. The number of aromatic nitrogens is 4. The molecule has 0 radical (unpaired) electrons. The zero-order valence-corrected chi connectivity index (χ0v) is 24.3. The van der Waals surface area contributed by atoms with Crippen LogP contribution in [-0.2, 0) is 27.8 Å². The number of nitro groups is 1. The standard InChI is InChI=1S/C27H32N8O7S/c1-17(2)13-34(43(41,42)20-10-8-19(9-11-20)35(39)40)14-22(36)21(12-18-6-4-3-5-7-18)30-23(37)15-33-16-29-24-25(33)31-27(28)32-26(24)38/h3-11,16-17,21-22,36H,12-15H2,1-2H3,(H,30,37)(H3,28,31,32,38)/t21-,22+/m0/s1. The van der Waals surface area contributed by atoms with Gasteiger partial charge in [-0.05, 0) is 30.0 Å². The van der Waals surface area contributed by atoms with E-state index in [1.807, 2.05) is 32.0 Å². The lowest BCUT2D eigenvalue weighted by molar-refractivity contribution is -0.384. The highest BCUT2D eigenvalue weighted by Gasteiger charge is 2.32. The SMILES string of the molecule is CC(C)CN(C[C@@H](O)[C@H](Cc1ccccc1)NC(=O)Cn1cnc2c(=O)[nH]c(N)nc21)S(=O)(=O)c1ccc([N+](=O)[O-])cc1. The molecule has 2 heterocycles. The Morgan fingerprint density at radius 3 is 2.47 bits per heavy atom. The molecule has 2 atom stereocenters. The number of imidazole rings is 1. The molecule has 0 spiro atoms. The van der Waals surface area contributed by atoms with Gasteiger partial charge >= 0.3 is 0 Å². The number of aromatic amines is 1. The first-order valence-corrected chi connectivity index (χ1v) is 14.8. The van der Waals surface area contributed by atoms with Gasteiger partial charge in [0.15, 0.2) is 11.2 Å². The fourth-order valence-corrected chi connectivity index (χ4v) is 6.17. The van der Waals surface area contributed by atoms with Crippen LogP contribution in [0.2, 0.25) is 0 Å². The average molecular weight is 613 g/mol. The van der Waals surface area contributed by atoms with E-state index in [0.29, 0.717) is 0 Å². The second kappa shape index (κ2) is 13.1. The van der Waals surface area contributed by atoms with Crippen LogP contribution in [0.15, 0.2) is 70.6 Å². The number of nitrogens with zero attached hydrogens (tertiary/aromatic N) is 5. The van der Waals surface area contributed by atoms with Crippen LogP contribution < -0.4 is 16.6 Å². The smallest absolute Gasteiger partial charge is 0.280 e. The number of anilines is 1. The van der Waals surface area contributed by atoms with Crippen LogP contribution in [0.3, 0.4) is 0 Å². The molecule has 16 heteroatoms. The van der Waals surface area contributed by atoms with Gasteiger partial charge in [0.25, 0.3) is 11.2 Å². The van der Waals surface area contributed by atoms with Gasteiger partial charge in [-0.15, -0.1) is 0 Å². The highest BCUT2D eigenvalue weighted by molar-refractivity contribution is 7.89. The molecule has 5 N–H and O–H groups in total. The van der Waals surface area contributed by atoms with Crippen molar-refractivity contribution in [2.75, 3.05) is 18.8 Å². The topological polar surface area (TPSA) is 219 Å². The summed E-state index contributed by atoms with van der Waals surface area (Å²) < 4.78 is 29.6. The number of aliphatic hydroxyl groups is 1. The van der Waals surface area contributed by atoms with E-state index in [1.54, 1.807) is 12.1 Å². The van der Waals surface area contributed by atoms with Crippen LogP contribution in [0.25, 0.3) is 11.2 Å². The van der Waals surface area contributed by atoms with E-state index in [1.165, 1.54) is 10.9 Å². The number of aliphatic hydroxyl groups excluding tert-OH is 1. The van der Waals surface area contributed by atoms with Crippen molar-refractivity contribution < 1.29 is 23.2 Å². The molecule has 2 aromatic carbocycles. The minimum Gasteiger partial charge on any atom is -0.390 e. The number of nitro benzene ring substituents is 1. The van der Waals surface area contributed by atoms with E-state index in [0.717, 1.165) is 34.1 Å². The van der Waals surface area contributed by atoms with E-state index in [9.17, 15) is 33.2 Å². The number of nitrogens with two attached hydrogens (primary N) is 1. The van der Waals surface area contributed by atoms with E-state index in [-0.39, 0.29) is 59.7 Å². The number of sulfonamides is 1. The Kier molecular flexibility index (Phi) is 9.53. The number of non-ortho nitro benzene ring substituents is 1. The first-order chi connectivity index (χ1) is 20.3. The Morgan fingerprint density at radius 2 is 1.84 bits per heavy atom. The molecule has 4 rings (SSSR count). The summed E-state index contributed by atoms with van der Waals surface area (Å²) in [5, 5.41) is 25.2. The first kappa shape index (κ1) is 31.3. The first-order valence-electron chi connectivity index (χ1n) is 13.3. The van der Waals surface area contributed by atoms with Crippen LogP contribution in [-0.4, -0.2) is 73.4 Å². The number of nitrogens with one attached hydrogen (secondary N) is 2. The van der Waals surface area contributed by atoms with Gasteiger partial charge in [-0.2, -0.15) is 9.29 Å². The summed E-state index contributed by atoms with van der Waals surface area (Å²) in [6.07, 6.45) is 0.0957. The fourth-order valence-electron chi connectivity index (χ4n) is 4.55. The van der Waals surface area contributed by atoms with E-state index < -0.39 is 38.6 Å². The molecule has 0 bridgehead atoms. The summed E-state index contributed by atoms with van der Waals surface area (Å²) in [4.78, 5) is 45.9. The van der Waals surface area contributed by atoms with Crippen LogP contribution in [0.5, 0.6) is 0 Å². The number of amides is 1. The van der Waals surface area contributed by atoms with E-state index in [4.69, 9.17) is 5.73 Å². The number of hydrogen-bond acceptors (Lipinski definition) is 10. The Labute approximate surface area is 246 Å². The molecule has 4 aromatic rings. The molecule has 0 aliphatic carbocycles. The Hall–Kier alpha value is -4.67. The van der Waals surface area contributed by atoms with Crippen molar-refractivity contribution in [3.8, 4) is 0 Å². The molecule has 0 aliphatic heterocycles. The second-order valence-electron chi connectivity index (χ2n) is 10.4. The normalized spacial score (nSPS) is 13.3. The predicted molar refractivity (Wildman–Crippen MR) is 157 cm³/mol.